The third kappa shape index (κ3) is 3.83. The van der Waals surface area contributed by atoms with Crippen LogP contribution < -0.4 is 0 Å². The molecule has 0 atom stereocenters. The Labute approximate surface area is 99.7 Å². The number of rotatable bonds is 8. The van der Waals surface area contributed by atoms with Crippen molar-refractivity contribution in [2.24, 2.45) is 0 Å². The van der Waals surface area contributed by atoms with Crippen LogP contribution in [0.2, 0.25) is 0 Å². The first kappa shape index (κ1) is 14.9. The van der Waals surface area contributed by atoms with Crippen LogP contribution in [0.1, 0.15) is 52.9 Å². The van der Waals surface area contributed by atoms with Crippen LogP contribution in [0.15, 0.2) is 0 Å². The first-order valence-corrected chi connectivity index (χ1v) is 6.19. The molecule has 0 spiro atoms. The quantitative estimate of drug-likeness (QED) is 0.633. The first-order valence-electron chi connectivity index (χ1n) is 6.19. The van der Waals surface area contributed by atoms with E-state index in [0.29, 0.717) is 12.8 Å². The maximum absolute atomic E-state index is 8.68. The molecule has 3 nitrogen and oxygen atoms in total. The highest BCUT2D eigenvalue weighted by molar-refractivity contribution is 4.90. The van der Waals surface area contributed by atoms with Gasteiger partial charge in [0.15, 0.2) is 0 Å². The monoisotopic (exact) mass is 221 g/mol. The molecule has 0 unspecified atom stereocenters. The van der Waals surface area contributed by atoms with Gasteiger partial charge in [-0.25, -0.2) is 0 Å². The van der Waals surface area contributed by atoms with E-state index in [0.717, 1.165) is 32.4 Å². The van der Waals surface area contributed by atoms with Crippen molar-refractivity contribution in [1.29, 1.82) is 10.5 Å². The molecule has 0 bridgehead atoms. The molecule has 0 fully saturated rings. The van der Waals surface area contributed by atoms with Crippen LogP contribution in [-0.2, 0) is 0 Å². The highest BCUT2D eigenvalue weighted by Crippen LogP contribution is 2.28. The highest BCUT2D eigenvalue weighted by Gasteiger charge is 2.30. The van der Waals surface area contributed by atoms with Crippen molar-refractivity contribution in [3.8, 4) is 12.1 Å². The molecule has 0 amide bonds. The van der Waals surface area contributed by atoms with E-state index >= 15 is 0 Å². The third-order valence-corrected chi connectivity index (χ3v) is 3.63. The second-order valence-corrected chi connectivity index (χ2v) is 4.09. The SMILES string of the molecule is CCC(CC)(CC)N(CCC#N)CCC#N. The van der Waals surface area contributed by atoms with Gasteiger partial charge in [0.2, 0.25) is 0 Å². The normalized spacial score (nSPS) is 11.1. The van der Waals surface area contributed by atoms with Gasteiger partial charge in [-0.2, -0.15) is 10.5 Å². The summed E-state index contributed by atoms with van der Waals surface area (Å²) in [5, 5.41) is 17.4. The van der Waals surface area contributed by atoms with E-state index < -0.39 is 0 Å². The number of hydrogen-bond donors (Lipinski definition) is 0. The highest BCUT2D eigenvalue weighted by atomic mass is 15.2. The largest absolute Gasteiger partial charge is 0.296 e. The second kappa shape index (κ2) is 8.13. The summed E-state index contributed by atoms with van der Waals surface area (Å²) in [6, 6.07) is 4.39. The van der Waals surface area contributed by atoms with Crippen molar-refractivity contribution in [2.45, 2.75) is 58.4 Å². The second-order valence-electron chi connectivity index (χ2n) is 4.09. The molecule has 0 aromatic rings. The van der Waals surface area contributed by atoms with E-state index in [4.69, 9.17) is 10.5 Å². The average Bonchev–Trinajstić information content (AvgIpc) is 2.34. The Morgan fingerprint density at radius 2 is 1.25 bits per heavy atom. The minimum Gasteiger partial charge on any atom is -0.296 e. The van der Waals surface area contributed by atoms with Crippen LogP contribution in [0.4, 0.5) is 0 Å². The number of hydrogen-bond acceptors (Lipinski definition) is 3. The van der Waals surface area contributed by atoms with Crippen LogP contribution in [0, 0.1) is 22.7 Å². The summed E-state index contributed by atoms with van der Waals surface area (Å²) in [6.45, 7) is 8.15. The van der Waals surface area contributed by atoms with E-state index in [9.17, 15) is 0 Å². The molecular formula is C13H23N3. The molecule has 0 N–H and O–H groups in total. The zero-order chi connectivity index (χ0) is 12.4. The summed E-state index contributed by atoms with van der Waals surface area (Å²) in [5.41, 5.74) is 0.174. The van der Waals surface area contributed by atoms with Crippen LogP contribution in [0.3, 0.4) is 0 Å². The van der Waals surface area contributed by atoms with Crippen molar-refractivity contribution in [1.82, 2.24) is 4.90 Å². The van der Waals surface area contributed by atoms with E-state index in [1.54, 1.807) is 0 Å². The molecule has 0 aromatic carbocycles. The lowest BCUT2D eigenvalue weighted by molar-refractivity contribution is 0.0778. The molecule has 0 aliphatic heterocycles. The minimum atomic E-state index is 0.174. The topological polar surface area (TPSA) is 50.8 Å². The fourth-order valence-corrected chi connectivity index (χ4v) is 2.38. The van der Waals surface area contributed by atoms with Crippen LogP contribution >= 0.6 is 0 Å². The fourth-order valence-electron chi connectivity index (χ4n) is 2.38. The van der Waals surface area contributed by atoms with Gasteiger partial charge < -0.3 is 0 Å². The smallest absolute Gasteiger partial charge is 0.0635 e. The zero-order valence-corrected chi connectivity index (χ0v) is 10.8. The predicted octanol–water partition coefficient (Wildman–Crippen LogP) is 3.08. The Balaban J connectivity index is 4.68. The molecular weight excluding hydrogens is 198 g/mol. The van der Waals surface area contributed by atoms with Crippen molar-refractivity contribution >= 4 is 0 Å². The molecule has 0 saturated carbocycles. The predicted molar refractivity (Wildman–Crippen MR) is 65.6 cm³/mol. The van der Waals surface area contributed by atoms with Gasteiger partial charge in [-0.3, -0.25) is 4.90 Å². The number of nitriles is 2. The van der Waals surface area contributed by atoms with E-state index in [1.807, 2.05) is 0 Å². The molecule has 90 valence electrons. The standard InChI is InChI=1S/C13H23N3/c1-4-13(5-2,6-3)16(11-7-9-14)12-8-10-15/h4-8,11-12H2,1-3H3. The van der Waals surface area contributed by atoms with Crippen molar-refractivity contribution in [2.75, 3.05) is 13.1 Å². The van der Waals surface area contributed by atoms with Gasteiger partial charge in [-0.15, -0.1) is 0 Å². The molecule has 0 radical (unpaired) electrons. The summed E-state index contributed by atoms with van der Waals surface area (Å²) in [6.07, 6.45) is 4.34. The lowest BCUT2D eigenvalue weighted by atomic mass is 9.87. The van der Waals surface area contributed by atoms with E-state index in [2.05, 4.69) is 37.8 Å². The summed E-state index contributed by atoms with van der Waals surface area (Å²) >= 11 is 0. The summed E-state index contributed by atoms with van der Waals surface area (Å²) in [4.78, 5) is 2.33. The molecule has 0 aliphatic carbocycles. The van der Waals surface area contributed by atoms with E-state index in [-0.39, 0.29) is 5.54 Å². The van der Waals surface area contributed by atoms with Gasteiger partial charge in [-0.1, -0.05) is 20.8 Å². The maximum Gasteiger partial charge on any atom is 0.0635 e. The van der Waals surface area contributed by atoms with Gasteiger partial charge >= 0.3 is 0 Å². The van der Waals surface area contributed by atoms with Gasteiger partial charge in [0, 0.05) is 31.5 Å². The third-order valence-electron chi connectivity index (χ3n) is 3.63. The Hall–Kier alpha value is -1.06. The lowest BCUT2D eigenvalue weighted by Gasteiger charge is -2.42. The van der Waals surface area contributed by atoms with Gasteiger partial charge in [0.1, 0.15) is 0 Å². The lowest BCUT2D eigenvalue weighted by Crippen LogP contribution is -2.48. The van der Waals surface area contributed by atoms with Crippen molar-refractivity contribution in [3.05, 3.63) is 0 Å². The van der Waals surface area contributed by atoms with Crippen molar-refractivity contribution < 1.29 is 0 Å². The Morgan fingerprint density at radius 3 is 1.50 bits per heavy atom. The zero-order valence-electron chi connectivity index (χ0n) is 10.8. The number of nitrogens with zero attached hydrogens (tertiary/aromatic N) is 3. The van der Waals surface area contributed by atoms with Gasteiger partial charge in [-0.05, 0) is 19.3 Å². The fraction of sp³-hybridized carbons (Fsp3) is 0.846. The van der Waals surface area contributed by atoms with Gasteiger partial charge in [0.05, 0.1) is 12.1 Å². The molecule has 0 rings (SSSR count). The summed E-state index contributed by atoms with van der Waals surface area (Å²) < 4.78 is 0. The Morgan fingerprint density at radius 1 is 0.875 bits per heavy atom. The van der Waals surface area contributed by atoms with E-state index in [1.165, 1.54) is 0 Å². The van der Waals surface area contributed by atoms with Crippen LogP contribution in [0.5, 0.6) is 0 Å². The maximum atomic E-state index is 8.68. The van der Waals surface area contributed by atoms with Crippen molar-refractivity contribution in [3.63, 3.8) is 0 Å². The Kier molecular flexibility index (Phi) is 7.60. The van der Waals surface area contributed by atoms with Gasteiger partial charge in [0.25, 0.3) is 0 Å². The average molecular weight is 221 g/mol. The Bertz CT molecular complexity index is 229. The first-order chi connectivity index (χ1) is 7.70. The van der Waals surface area contributed by atoms with Crippen LogP contribution in [-0.4, -0.2) is 23.5 Å². The summed E-state index contributed by atoms with van der Waals surface area (Å²) in [5.74, 6) is 0. The summed E-state index contributed by atoms with van der Waals surface area (Å²) in [7, 11) is 0. The molecule has 16 heavy (non-hydrogen) atoms. The molecule has 0 saturated heterocycles. The molecule has 0 heterocycles. The minimum absolute atomic E-state index is 0.174. The molecule has 0 aliphatic rings. The molecule has 0 aromatic heterocycles. The molecule has 3 heteroatoms. The van der Waals surface area contributed by atoms with Crippen LogP contribution in [0.25, 0.3) is 0 Å².